The Balaban J connectivity index is 1.66. The average molecular weight is 350 g/mol. The third-order valence-electron chi connectivity index (χ3n) is 3.94. The van der Waals surface area contributed by atoms with E-state index in [4.69, 9.17) is 0 Å². The molecule has 2 heterocycles. The maximum absolute atomic E-state index is 12.4. The summed E-state index contributed by atoms with van der Waals surface area (Å²) in [5.74, 6) is -0.475. The fourth-order valence-electron chi connectivity index (χ4n) is 2.92. The minimum atomic E-state index is -4.82. The number of halogens is 3. The van der Waals surface area contributed by atoms with E-state index >= 15 is 0 Å². The summed E-state index contributed by atoms with van der Waals surface area (Å²) < 4.78 is 66.0. The molecule has 10 heteroatoms. The smallest absolute Gasteiger partial charge is 0.406 e. The van der Waals surface area contributed by atoms with Crippen molar-refractivity contribution in [2.24, 2.45) is 5.41 Å². The van der Waals surface area contributed by atoms with Gasteiger partial charge >= 0.3 is 6.36 Å². The Labute approximate surface area is 130 Å². The van der Waals surface area contributed by atoms with Crippen LogP contribution in [-0.4, -0.2) is 56.6 Å². The molecular weight excluding hydrogens is 337 g/mol. The van der Waals surface area contributed by atoms with Crippen LogP contribution in [0, 0.1) is 5.41 Å². The van der Waals surface area contributed by atoms with Crippen molar-refractivity contribution in [3.8, 4) is 5.75 Å². The second-order valence-electron chi connectivity index (χ2n) is 5.80. The summed E-state index contributed by atoms with van der Waals surface area (Å²) in [6, 6.07) is 4.10. The van der Waals surface area contributed by atoms with Gasteiger partial charge in [0.1, 0.15) is 5.75 Å². The van der Waals surface area contributed by atoms with Gasteiger partial charge in [0.2, 0.25) is 16.4 Å². The highest BCUT2D eigenvalue weighted by Gasteiger charge is 2.55. The number of alkyl halides is 3. The molecule has 6 nitrogen and oxygen atoms in total. The highest BCUT2D eigenvalue weighted by molar-refractivity contribution is 7.89. The molecular formula is C13H13F3N2O4S. The first kappa shape index (κ1) is 16.1. The largest absolute Gasteiger partial charge is 0.573 e. The summed E-state index contributed by atoms with van der Waals surface area (Å²) in [5, 5.41) is 0. The number of carbonyl (C=O) groups is 1. The van der Waals surface area contributed by atoms with Crippen LogP contribution in [0.1, 0.15) is 0 Å². The van der Waals surface area contributed by atoms with Gasteiger partial charge in [-0.05, 0) is 24.3 Å². The Hall–Kier alpha value is -1.81. The number of nitrogens with zero attached hydrogens (tertiary/aromatic N) is 2. The lowest BCUT2D eigenvalue weighted by molar-refractivity contribution is -0.274. The minimum absolute atomic E-state index is 0.0894. The van der Waals surface area contributed by atoms with Crippen LogP contribution >= 0.6 is 0 Å². The summed E-state index contributed by atoms with van der Waals surface area (Å²) in [4.78, 5) is 12.0. The summed E-state index contributed by atoms with van der Waals surface area (Å²) >= 11 is 0. The molecule has 0 N–H and O–H groups in total. The van der Waals surface area contributed by atoms with Crippen molar-refractivity contribution >= 4 is 16.4 Å². The fraction of sp³-hybridized carbons (Fsp3) is 0.462. The minimum Gasteiger partial charge on any atom is -0.406 e. The van der Waals surface area contributed by atoms with E-state index in [2.05, 4.69) is 4.74 Å². The topological polar surface area (TPSA) is 66.9 Å². The predicted octanol–water partition coefficient (Wildman–Crippen LogP) is 1.05. The van der Waals surface area contributed by atoms with Crippen molar-refractivity contribution in [1.82, 2.24) is 9.21 Å². The predicted molar refractivity (Wildman–Crippen MR) is 72.0 cm³/mol. The van der Waals surface area contributed by atoms with Crippen LogP contribution < -0.4 is 4.74 Å². The molecule has 2 aliphatic rings. The summed E-state index contributed by atoms with van der Waals surface area (Å²) in [6.45, 7) is 1.67. The van der Waals surface area contributed by atoms with Crippen LogP contribution in [0.25, 0.3) is 0 Å². The lowest BCUT2D eigenvalue weighted by Crippen LogP contribution is -2.72. The molecule has 0 aliphatic carbocycles. The molecule has 0 unspecified atom stereocenters. The first-order valence-corrected chi connectivity index (χ1v) is 8.13. The fourth-order valence-corrected chi connectivity index (χ4v) is 4.59. The van der Waals surface area contributed by atoms with Crippen molar-refractivity contribution in [3.63, 3.8) is 0 Å². The van der Waals surface area contributed by atoms with Gasteiger partial charge in [-0.3, -0.25) is 4.79 Å². The standard InChI is InChI=1S/C13H13F3N2O4S/c14-13(15,16)22-10-1-3-11(4-2-10)23(20,21)18-7-12(8-18)5-17(6-12)9-19/h1-4,9H,5-8H2. The van der Waals surface area contributed by atoms with Gasteiger partial charge in [0.15, 0.2) is 0 Å². The average Bonchev–Trinajstić information content (AvgIpc) is 2.34. The van der Waals surface area contributed by atoms with Gasteiger partial charge < -0.3 is 9.64 Å². The summed E-state index contributed by atoms with van der Waals surface area (Å²) in [5.41, 5.74) is -0.173. The number of amides is 1. The molecule has 2 saturated heterocycles. The molecule has 0 bridgehead atoms. The van der Waals surface area contributed by atoms with Gasteiger partial charge in [-0.25, -0.2) is 8.42 Å². The van der Waals surface area contributed by atoms with Gasteiger partial charge in [0.05, 0.1) is 4.90 Å². The number of sulfonamides is 1. The van der Waals surface area contributed by atoms with Crippen molar-refractivity contribution in [2.75, 3.05) is 26.2 Å². The monoisotopic (exact) mass is 350 g/mol. The number of carbonyl (C=O) groups excluding carboxylic acids is 1. The molecule has 1 aromatic carbocycles. The molecule has 3 rings (SSSR count). The van der Waals surface area contributed by atoms with E-state index < -0.39 is 22.1 Å². The Kier molecular flexibility index (Phi) is 3.56. The zero-order chi connectivity index (χ0) is 16.9. The van der Waals surface area contributed by atoms with Crippen LogP contribution in [-0.2, 0) is 14.8 Å². The SMILES string of the molecule is O=CN1CC2(C1)CN(S(=O)(=O)c1ccc(OC(F)(F)F)cc1)C2. The number of benzene rings is 1. The number of ether oxygens (including phenoxy) is 1. The van der Waals surface area contributed by atoms with Gasteiger partial charge in [-0.15, -0.1) is 13.2 Å². The lowest BCUT2D eigenvalue weighted by Gasteiger charge is -2.58. The molecule has 2 aliphatic heterocycles. The molecule has 1 spiro atoms. The molecule has 0 saturated carbocycles. The van der Waals surface area contributed by atoms with Gasteiger partial charge in [-0.1, -0.05) is 0 Å². The van der Waals surface area contributed by atoms with E-state index in [1.807, 2.05) is 0 Å². The Bertz CT molecular complexity index is 704. The maximum Gasteiger partial charge on any atom is 0.573 e. The van der Waals surface area contributed by atoms with E-state index in [1.165, 1.54) is 4.31 Å². The van der Waals surface area contributed by atoms with Crippen LogP contribution in [0.15, 0.2) is 29.2 Å². The van der Waals surface area contributed by atoms with Crippen molar-refractivity contribution < 1.29 is 31.1 Å². The summed E-state index contributed by atoms with van der Waals surface area (Å²) in [7, 11) is -3.74. The Morgan fingerprint density at radius 1 is 1.09 bits per heavy atom. The van der Waals surface area contributed by atoms with Crippen LogP contribution in [0.2, 0.25) is 0 Å². The van der Waals surface area contributed by atoms with Crippen molar-refractivity contribution in [1.29, 1.82) is 0 Å². The van der Waals surface area contributed by atoms with Crippen molar-refractivity contribution in [3.05, 3.63) is 24.3 Å². The summed E-state index contributed by atoms with van der Waals surface area (Å²) in [6.07, 6.45) is -4.10. The Morgan fingerprint density at radius 3 is 2.13 bits per heavy atom. The molecule has 1 aromatic rings. The van der Waals surface area contributed by atoms with Gasteiger partial charge in [-0.2, -0.15) is 4.31 Å². The van der Waals surface area contributed by atoms with E-state index in [0.717, 1.165) is 30.7 Å². The molecule has 0 aromatic heterocycles. The molecule has 0 atom stereocenters. The first-order chi connectivity index (χ1) is 10.6. The van der Waals surface area contributed by atoms with E-state index in [9.17, 15) is 26.4 Å². The van der Waals surface area contributed by atoms with Crippen molar-refractivity contribution in [2.45, 2.75) is 11.3 Å². The number of rotatable bonds is 4. The third-order valence-corrected chi connectivity index (χ3v) is 5.75. The zero-order valence-corrected chi connectivity index (χ0v) is 12.6. The number of likely N-dealkylation sites (tertiary alicyclic amines) is 1. The van der Waals surface area contributed by atoms with E-state index in [1.54, 1.807) is 4.90 Å². The van der Waals surface area contributed by atoms with E-state index in [0.29, 0.717) is 26.2 Å². The lowest BCUT2D eigenvalue weighted by atomic mass is 9.75. The Morgan fingerprint density at radius 2 is 1.65 bits per heavy atom. The number of hydrogen-bond donors (Lipinski definition) is 0. The first-order valence-electron chi connectivity index (χ1n) is 6.69. The van der Waals surface area contributed by atoms with Crippen LogP contribution in [0.5, 0.6) is 5.75 Å². The molecule has 1 amide bonds. The molecule has 126 valence electrons. The molecule has 0 radical (unpaired) electrons. The number of hydrogen-bond acceptors (Lipinski definition) is 4. The highest BCUT2D eigenvalue weighted by Crippen LogP contribution is 2.41. The molecule has 2 fully saturated rings. The molecule has 23 heavy (non-hydrogen) atoms. The van der Waals surface area contributed by atoms with E-state index in [-0.39, 0.29) is 10.3 Å². The maximum atomic E-state index is 12.4. The van der Waals surface area contributed by atoms with Gasteiger partial charge in [0, 0.05) is 31.6 Å². The van der Waals surface area contributed by atoms with Crippen LogP contribution in [0.3, 0.4) is 0 Å². The second-order valence-corrected chi connectivity index (χ2v) is 7.74. The van der Waals surface area contributed by atoms with Gasteiger partial charge in [0.25, 0.3) is 0 Å². The zero-order valence-electron chi connectivity index (χ0n) is 11.8. The van der Waals surface area contributed by atoms with Crippen LogP contribution in [0.4, 0.5) is 13.2 Å². The third kappa shape index (κ3) is 3.00. The highest BCUT2D eigenvalue weighted by atomic mass is 32.2. The normalized spacial score (nSPS) is 20.7. The quantitative estimate of drug-likeness (QED) is 0.762. The second kappa shape index (κ2) is 5.10.